The number of hydrogen-bond acceptors (Lipinski definition) is 3. The highest BCUT2D eigenvalue weighted by Crippen LogP contribution is 2.18. The lowest BCUT2D eigenvalue weighted by Crippen LogP contribution is -2.08. The van der Waals surface area contributed by atoms with Crippen molar-refractivity contribution in [3.63, 3.8) is 0 Å². The Hall–Kier alpha value is -1.06. The van der Waals surface area contributed by atoms with Crippen LogP contribution >= 0.6 is 0 Å². The number of benzene rings is 1. The van der Waals surface area contributed by atoms with Gasteiger partial charge in [-0.2, -0.15) is 0 Å². The zero-order valence-corrected chi connectivity index (χ0v) is 9.40. The summed E-state index contributed by atoms with van der Waals surface area (Å²) in [4.78, 5) is 0. The minimum Gasteiger partial charge on any atom is -0.468 e. The Bertz CT molecular complexity index is 271. The predicted molar refractivity (Wildman–Crippen MR) is 60.8 cm³/mol. The van der Waals surface area contributed by atoms with Gasteiger partial charge < -0.3 is 15.2 Å². The third-order valence-corrected chi connectivity index (χ3v) is 2.26. The molecule has 2 N–H and O–H groups in total. The molecule has 1 atom stereocenters. The fourth-order valence-corrected chi connectivity index (χ4v) is 1.24. The molecule has 0 aliphatic rings. The van der Waals surface area contributed by atoms with Crippen LogP contribution in [0.1, 0.15) is 31.9 Å². The van der Waals surface area contributed by atoms with Crippen LogP contribution in [0.2, 0.25) is 0 Å². The Morgan fingerprint density at radius 1 is 1.20 bits per heavy atom. The van der Waals surface area contributed by atoms with Gasteiger partial charge in [0.05, 0.1) is 0 Å². The normalized spacial score (nSPS) is 12.5. The summed E-state index contributed by atoms with van der Waals surface area (Å²) < 4.78 is 10.4. The largest absolute Gasteiger partial charge is 0.468 e. The van der Waals surface area contributed by atoms with Gasteiger partial charge in [0.2, 0.25) is 0 Å². The van der Waals surface area contributed by atoms with Gasteiger partial charge in [0, 0.05) is 12.6 Å². The molecule has 15 heavy (non-hydrogen) atoms. The zero-order valence-electron chi connectivity index (χ0n) is 9.40. The summed E-state index contributed by atoms with van der Waals surface area (Å²) in [5.41, 5.74) is 7.04. The molecule has 3 heteroatoms. The van der Waals surface area contributed by atoms with Gasteiger partial charge >= 0.3 is 0 Å². The van der Waals surface area contributed by atoms with Crippen molar-refractivity contribution in [2.45, 2.75) is 26.3 Å². The van der Waals surface area contributed by atoms with Gasteiger partial charge in [-0.15, -0.1) is 0 Å². The maximum absolute atomic E-state index is 5.90. The number of hydrogen-bond donors (Lipinski definition) is 1. The van der Waals surface area contributed by atoms with Crippen LogP contribution in [0.4, 0.5) is 0 Å². The molecule has 0 amide bonds. The fraction of sp³-hybridized carbons (Fsp3) is 0.500. The van der Waals surface area contributed by atoms with Crippen LogP contribution in [0.5, 0.6) is 5.75 Å². The Kier molecular flexibility index (Phi) is 5.15. The van der Waals surface area contributed by atoms with Crippen molar-refractivity contribution in [1.29, 1.82) is 0 Å². The highest BCUT2D eigenvalue weighted by Gasteiger charge is 2.02. The van der Waals surface area contributed by atoms with E-state index in [1.54, 1.807) is 0 Å². The van der Waals surface area contributed by atoms with E-state index in [9.17, 15) is 0 Å². The van der Waals surface area contributed by atoms with Gasteiger partial charge in [0.15, 0.2) is 6.79 Å². The summed E-state index contributed by atoms with van der Waals surface area (Å²) in [6, 6.07) is 7.95. The lowest BCUT2D eigenvalue weighted by Gasteiger charge is -2.10. The zero-order chi connectivity index (χ0) is 11.1. The fourth-order valence-electron chi connectivity index (χ4n) is 1.24. The van der Waals surface area contributed by atoms with E-state index < -0.39 is 0 Å². The van der Waals surface area contributed by atoms with Gasteiger partial charge in [-0.3, -0.25) is 0 Å². The maximum atomic E-state index is 5.90. The van der Waals surface area contributed by atoms with Crippen LogP contribution in [-0.2, 0) is 4.74 Å². The quantitative estimate of drug-likeness (QED) is 0.578. The van der Waals surface area contributed by atoms with Crippen molar-refractivity contribution in [3.8, 4) is 5.75 Å². The third kappa shape index (κ3) is 3.90. The predicted octanol–water partition coefficient (Wildman–Crippen LogP) is 2.47. The van der Waals surface area contributed by atoms with Gasteiger partial charge in [-0.05, 0) is 31.0 Å². The number of ether oxygens (including phenoxy) is 2. The first-order valence-corrected chi connectivity index (χ1v) is 5.34. The van der Waals surface area contributed by atoms with Crippen LogP contribution < -0.4 is 10.5 Å². The lowest BCUT2D eigenvalue weighted by molar-refractivity contribution is 0.0224. The first-order chi connectivity index (χ1) is 7.27. The molecular weight excluding hydrogens is 190 g/mol. The van der Waals surface area contributed by atoms with E-state index in [1.807, 2.05) is 31.2 Å². The maximum Gasteiger partial charge on any atom is 0.189 e. The molecular formula is C12H19NO2. The van der Waals surface area contributed by atoms with E-state index >= 15 is 0 Å². The van der Waals surface area contributed by atoms with Crippen molar-refractivity contribution in [1.82, 2.24) is 0 Å². The average Bonchev–Trinajstić information content (AvgIpc) is 2.29. The molecule has 0 spiro atoms. The van der Waals surface area contributed by atoms with Gasteiger partial charge in [0.1, 0.15) is 5.75 Å². The van der Waals surface area contributed by atoms with Crippen molar-refractivity contribution < 1.29 is 9.47 Å². The molecule has 1 unspecified atom stereocenters. The van der Waals surface area contributed by atoms with Crippen LogP contribution in [-0.4, -0.2) is 13.4 Å². The lowest BCUT2D eigenvalue weighted by atomic mass is 10.1. The first kappa shape index (κ1) is 12.0. The second-order valence-electron chi connectivity index (χ2n) is 3.34. The Morgan fingerprint density at radius 2 is 1.87 bits per heavy atom. The van der Waals surface area contributed by atoms with Crippen LogP contribution in [0.25, 0.3) is 0 Å². The molecule has 0 bridgehead atoms. The second-order valence-corrected chi connectivity index (χ2v) is 3.34. The second kappa shape index (κ2) is 6.43. The van der Waals surface area contributed by atoms with Crippen molar-refractivity contribution in [2.24, 2.45) is 5.73 Å². The molecule has 0 radical (unpaired) electrons. The Balaban J connectivity index is 2.49. The average molecular weight is 209 g/mol. The highest BCUT2D eigenvalue weighted by atomic mass is 16.7. The molecule has 3 nitrogen and oxygen atoms in total. The first-order valence-electron chi connectivity index (χ1n) is 5.34. The molecule has 0 fully saturated rings. The van der Waals surface area contributed by atoms with Gasteiger partial charge in [0.25, 0.3) is 0 Å². The molecule has 0 heterocycles. The van der Waals surface area contributed by atoms with Crippen LogP contribution in [0.3, 0.4) is 0 Å². The van der Waals surface area contributed by atoms with Crippen LogP contribution in [0.15, 0.2) is 24.3 Å². The van der Waals surface area contributed by atoms with Crippen molar-refractivity contribution in [2.75, 3.05) is 13.4 Å². The standard InChI is InChI=1S/C12H19NO2/c1-3-12(13)10-5-7-11(8-6-10)15-9-14-4-2/h5-8,12H,3-4,9,13H2,1-2H3. The van der Waals surface area contributed by atoms with E-state index in [2.05, 4.69) is 6.92 Å². The summed E-state index contributed by atoms with van der Waals surface area (Å²) in [5.74, 6) is 0.815. The van der Waals surface area contributed by atoms with E-state index in [0.717, 1.165) is 17.7 Å². The molecule has 1 aromatic carbocycles. The van der Waals surface area contributed by atoms with Gasteiger partial charge in [-0.25, -0.2) is 0 Å². The summed E-state index contributed by atoms with van der Waals surface area (Å²) in [6.07, 6.45) is 0.944. The molecule has 1 rings (SSSR count). The number of rotatable bonds is 6. The molecule has 1 aromatic rings. The third-order valence-electron chi connectivity index (χ3n) is 2.26. The SMILES string of the molecule is CCOCOc1ccc(C(N)CC)cc1. The Morgan fingerprint density at radius 3 is 2.40 bits per heavy atom. The van der Waals surface area contributed by atoms with Crippen molar-refractivity contribution >= 4 is 0 Å². The minimum atomic E-state index is 0.117. The van der Waals surface area contributed by atoms with E-state index in [4.69, 9.17) is 15.2 Å². The monoisotopic (exact) mass is 209 g/mol. The van der Waals surface area contributed by atoms with Crippen molar-refractivity contribution in [3.05, 3.63) is 29.8 Å². The van der Waals surface area contributed by atoms with E-state index in [1.165, 1.54) is 0 Å². The summed E-state index contributed by atoms with van der Waals surface area (Å²) in [7, 11) is 0. The van der Waals surface area contributed by atoms with Gasteiger partial charge in [-0.1, -0.05) is 19.1 Å². The Labute approximate surface area is 91.2 Å². The molecule has 0 aromatic heterocycles. The number of nitrogens with two attached hydrogens (primary N) is 1. The summed E-state index contributed by atoms with van der Waals surface area (Å²) in [6.45, 7) is 4.98. The minimum absolute atomic E-state index is 0.117. The molecule has 84 valence electrons. The smallest absolute Gasteiger partial charge is 0.189 e. The molecule has 0 aliphatic carbocycles. The summed E-state index contributed by atoms with van der Waals surface area (Å²) >= 11 is 0. The molecule has 0 saturated carbocycles. The van der Waals surface area contributed by atoms with E-state index in [-0.39, 0.29) is 6.04 Å². The van der Waals surface area contributed by atoms with E-state index in [0.29, 0.717) is 13.4 Å². The molecule has 0 aliphatic heterocycles. The molecule has 0 saturated heterocycles. The summed E-state index contributed by atoms with van der Waals surface area (Å²) in [5, 5.41) is 0. The highest BCUT2D eigenvalue weighted by molar-refractivity contribution is 5.28. The van der Waals surface area contributed by atoms with Crippen LogP contribution in [0, 0.1) is 0 Å². The topological polar surface area (TPSA) is 44.5 Å².